The zero-order valence-electron chi connectivity index (χ0n) is 13.0. The normalized spacial score (nSPS) is 10.7. The van der Waals surface area contributed by atoms with Crippen LogP contribution in [-0.2, 0) is 9.47 Å². The smallest absolute Gasteiger partial charge is 0.338 e. The number of benzene rings is 1. The fraction of sp³-hybridized carbons (Fsp3) is 0.533. The molecule has 0 aliphatic rings. The molecule has 6 heteroatoms. The lowest BCUT2D eigenvalue weighted by atomic mass is 10.1. The summed E-state index contributed by atoms with van der Waals surface area (Å²) in [5.41, 5.74) is 7.78. The lowest BCUT2D eigenvalue weighted by Gasteiger charge is -2.17. The topological polar surface area (TPSA) is 76.8 Å². The number of nitrogens with one attached hydrogen (secondary N) is 1. The maximum absolute atomic E-state index is 11.7. The van der Waals surface area contributed by atoms with Crippen LogP contribution in [0.5, 0.6) is 0 Å². The fourth-order valence-corrected chi connectivity index (χ4v) is 1.79. The van der Waals surface area contributed by atoms with Crippen molar-refractivity contribution < 1.29 is 14.3 Å². The summed E-state index contributed by atoms with van der Waals surface area (Å²) in [7, 11) is 3.72. The first-order chi connectivity index (χ1) is 10.1. The molecule has 0 saturated carbocycles. The number of carbonyl (C=O) groups excluding carboxylic acids is 1. The van der Waals surface area contributed by atoms with E-state index >= 15 is 0 Å². The highest BCUT2D eigenvalue weighted by Gasteiger charge is 2.09. The Kier molecular flexibility index (Phi) is 7.56. The van der Waals surface area contributed by atoms with Crippen LogP contribution in [0.15, 0.2) is 18.2 Å². The van der Waals surface area contributed by atoms with Crippen LogP contribution in [0.25, 0.3) is 0 Å². The van der Waals surface area contributed by atoms with E-state index in [4.69, 9.17) is 15.2 Å². The van der Waals surface area contributed by atoms with Gasteiger partial charge in [-0.25, -0.2) is 4.79 Å². The standard InChI is InChI=1S/C15H25N3O3/c1-4-21-15(19)12-5-6-13(16)14(11-12)17-7-8-18(2)9-10-20-3/h5-6,11,17H,4,7-10,16H2,1-3H3. The molecule has 0 aromatic heterocycles. The van der Waals surface area contributed by atoms with E-state index in [-0.39, 0.29) is 5.97 Å². The number of carbonyl (C=O) groups is 1. The Labute approximate surface area is 126 Å². The van der Waals surface area contributed by atoms with E-state index in [0.717, 1.165) is 25.3 Å². The zero-order chi connectivity index (χ0) is 15.7. The highest BCUT2D eigenvalue weighted by atomic mass is 16.5. The maximum Gasteiger partial charge on any atom is 0.338 e. The van der Waals surface area contributed by atoms with Crippen LogP contribution >= 0.6 is 0 Å². The molecule has 6 nitrogen and oxygen atoms in total. The van der Waals surface area contributed by atoms with Crippen LogP contribution < -0.4 is 11.1 Å². The minimum absolute atomic E-state index is 0.335. The van der Waals surface area contributed by atoms with Crippen molar-refractivity contribution in [1.29, 1.82) is 0 Å². The molecule has 0 fully saturated rings. The van der Waals surface area contributed by atoms with Gasteiger partial charge in [-0.05, 0) is 32.2 Å². The van der Waals surface area contributed by atoms with Gasteiger partial charge >= 0.3 is 5.97 Å². The molecule has 0 radical (unpaired) electrons. The molecule has 21 heavy (non-hydrogen) atoms. The van der Waals surface area contributed by atoms with Gasteiger partial charge in [-0.2, -0.15) is 0 Å². The summed E-state index contributed by atoms with van der Waals surface area (Å²) in [6.07, 6.45) is 0. The van der Waals surface area contributed by atoms with E-state index in [1.165, 1.54) is 0 Å². The van der Waals surface area contributed by atoms with Gasteiger partial charge in [0, 0.05) is 26.7 Å². The Morgan fingerprint density at radius 3 is 2.81 bits per heavy atom. The molecular weight excluding hydrogens is 270 g/mol. The van der Waals surface area contributed by atoms with E-state index < -0.39 is 0 Å². The Morgan fingerprint density at radius 2 is 2.14 bits per heavy atom. The van der Waals surface area contributed by atoms with E-state index in [0.29, 0.717) is 24.5 Å². The second-order valence-corrected chi connectivity index (χ2v) is 4.75. The first kappa shape index (κ1) is 17.3. The van der Waals surface area contributed by atoms with Gasteiger partial charge in [0.05, 0.1) is 30.2 Å². The number of hydrogen-bond acceptors (Lipinski definition) is 6. The van der Waals surface area contributed by atoms with E-state index in [9.17, 15) is 4.79 Å². The van der Waals surface area contributed by atoms with Crippen molar-refractivity contribution >= 4 is 17.3 Å². The molecule has 0 amide bonds. The van der Waals surface area contributed by atoms with Crippen molar-refractivity contribution in [1.82, 2.24) is 4.90 Å². The Hall–Kier alpha value is -1.79. The molecule has 3 N–H and O–H groups in total. The van der Waals surface area contributed by atoms with Crippen LogP contribution in [0, 0.1) is 0 Å². The third-order valence-electron chi connectivity index (χ3n) is 3.05. The van der Waals surface area contributed by atoms with Crippen molar-refractivity contribution in [2.75, 3.05) is 58.1 Å². The average Bonchev–Trinajstić information content (AvgIpc) is 2.47. The second kappa shape index (κ2) is 9.20. The van der Waals surface area contributed by atoms with Crippen LogP contribution in [0.4, 0.5) is 11.4 Å². The van der Waals surface area contributed by atoms with Gasteiger partial charge in [0.15, 0.2) is 0 Å². The van der Waals surface area contributed by atoms with Crippen LogP contribution in [-0.4, -0.2) is 57.9 Å². The number of nitrogens with zero attached hydrogens (tertiary/aromatic N) is 1. The monoisotopic (exact) mass is 295 g/mol. The third kappa shape index (κ3) is 6.01. The summed E-state index contributed by atoms with van der Waals surface area (Å²) in [4.78, 5) is 13.9. The number of nitrogen functional groups attached to an aromatic ring is 1. The van der Waals surface area contributed by atoms with Crippen LogP contribution in [0.2, 0.25) is 0 Å². The molecule has 1 aromatic rings. The highest BCUT2D eigenvalue weighted by Crippen LogP contribution is 2.20. The zero-order valence-corrected chi connectivity index (χ0v) is 13.0. The Balaban J connectivity index is 2.54. The van der Waals surface area contributed by atoms with Gasteiger partial charge in [0.2, 0.25) is 0 Å². The van der Waals surface area contributed by atoms with Crippen molar-refractivity contribution in [2.24, 2.45) is 0 Å². The molecule has 0 bridgehead atoms. The number of rotatable bonds is 9. The predicted octanol–water partition coefficient (Wildman–Crippen LogP) is 1.44. The summed E-state index contributed by atoms with van der Waals surface area (Å²) >= 11 is 0. The average molecular weight is 295 g/mol. The minimum Gasteiger partial charge on any atom is -0.462 e. The third-order valence-corrected chi connectivity index (χ3v) is 3.05. The van der Waals surface area contributed by atoms with Crippen molar-refractivity contribution in [3.8, 4) is 0 Å². The van der Waals surface area contributed by atoms with Gasteiger partial charge in [-0.1, -0.05) is 0 Å². The van der Waals surface area contributed by atoms with Crippen molar-refractivity contribution in [2.45, 2.75) is 6.92 Å². The molecule has 0 aliphatic heterocycles. The van der Waals surface area contributed by atoms with Gasteiger partial charge in [-0.15, -0.1) is 0 Å². The van der Waals surface area contributed by atoms with Crippen LogP contribution in [0.1, 0.15) is 17.3 Å². The fourth-order valence-electron chi connectivity index (χ4n) is 1.79. The molecule has 0 aliphatic carbocycles. The second-order valence-electron chi connectivity index (χ2n) is 4.75. The summed E-state index contributed by atoms with van der Waals surface area (Å²) in [5.74, 6) is -0.335. The number of methoxy groups -OCH3 is 1. The lowest BCUT2D eigenvalue weighted by molar-refractivity contribution is 0.0526. The van der Waals surface area contributed by atoms with E-state index in [1.54, 1.807) is 32.2 Å². The number of anilines is 2. The molecule has 0 atom stereocenters. The maximum atomic E-state index is 11.7. The lowest BCUT2D eigenvalue weighted by Crippen LogP contribution is -2.28. The number of likely N-dealkylation sites (N-methyl/N-ethyl adjacent to an activating group) is 1. The Morgan fingerprint density at radius 1 is 1.38 bits per heavy atom. The molecular formula is C15H25N3O3. The highest BCUT2D eigenvalue weighted by molar-refractivity contribution is 5.92. The predicted molar refractivity (Wildman–Crippen MR) is 84.7 cm³/mol. The SMILES string of the molecule is CCOC(=O)c1ccc(N)c(NCCN(C)CCOC)c1. The summed E-state index contributed by atoms with van der Waals surface area (Å²) in [5, 5.41) is 3.24. The number of nitrogens with two attached hydrogens (primary N) is 1. The molecule has 0 heterocycles. The summed E-state index contributed by atoms with van der Waals surface area (Å²) in [6, 6.07) is 5.11. The quantitative estimate of drug-likeness (QED) is 0.530. The number of ether oxygens (including phenoxy) is 2. The van der Waals surface area contributed by atoms with E-state index in [1.807, 2.05) is 7.05 Å². The van der Waals surface area contributed by atoms with Gasteiger partial charge in [-0.3, -0.25) is 0 Å². The molecule has 118 valence electrons. The number of hydrogen-bond donors (Lipinski definition) is 2. The first-order valence-corrected chi connectivity index (χ1v) is 7.06. The summed E-state index contributed by atoms with van der Waals surface area (Å²) in [6.45, 7) is 5.30. The first-order valence-electron chi connectivity index (χ1n) is 7.06. The van der Waals surface area contributed by atoms with Gasteiger partial charge < -0.3 is 25.4 Å². The largest absolute Gasteiger partial charge is 0.462 e. The van der Waals surface area contributed by atoms with Gasteiger partial charge in [0.25, 0.3) is 0 Å². The Bertz CT molecular complexity index is 452. The molecule has 1 aromatic carbocycles. The van der Waals surface area contributed by atoms with Crippen molar-refractivity contribution in [3.63, 3.8) is 0 Å². The van der Waals surface area contributed by atoms with Crippen LogP contribution in [0.3, 0.4) is 0 Å². The molecule has 0 unspecified atom stereocenters. The molecule has 0 saturated heterocycles. The minimum atomic E-state index is -0.335. The number of esters is 1. The molecule has 0 spiro atoms. The van der Waals surface area contributed by atoms with Gasteiger partial charge in [0.1, 0.15) is 0 Å². The van der Waals surface area contributed by atoms with E-state index in [2.05, 4.69) is 10.2 Å². The summed E-state index contributed by atoms with van der Waals surface area (Å²) < 4.78 is 10.0. The van der Waals surface area contributed by atoms with Crippen molar-refractivity contribution in [3.05, 3.63) is 23.8 Å². The molecule has 1 rings (SSSR count).